The molecule has 1 aliphatic rings. The van der Waals surface area contributed by atoms with Crippen LogP contribution in [-0.2, 0) is 21.1 Å². The van der Waals surface area contributed by atoms with E-state index in [9.17, 15) is 26.4 Å². The molecule has 0 saturated carbocycles. The van der Waals surface area contributed by atoms with Crippen molar-refractivity contribution in [1.29, 1.82) is 0 Å². The van der Waals surface area contributed by atoms with Gasteiger partial charge in [-0.2, -0.15) is 0 Å². The van der Waals surface area contributed by atoms with E-state index in [0.29, 0.717) is 16.7 Å². The normalized spacial score (nSPS) is 15.6. The van der Waals surface area contributed by atoms with Gasteiger partial charge in [-0.1, -0.05) is 12.1 Å². The van der Waals surface area contributed by atoms with Crippen LogP contribution in [0.5, 0.6) is 5.75 Å². The Kier molecular flexibility index (Phi) is 5.97. The topological polar surface area (TPSA) is 80.7 Å². The van der Waals surface area contributed by atoms with Gasteiger partial charge in [-0.3, -0.25) is 4.79 Å². The lowest BCUT2D eigenvalue weighted by molar-refractivity contribution is -0.136. The summed E-state index contributed by atoms with van der Waals surface area (Å²) in [4.78, 5) is 10.6. The molecule has 1 aliphatic heterocycles. The number of aliphatic carboxylic acids is 1. The average molecular weight is 426 g/mol. The molecule has 1 N–H and O–H groups in total. The Balaban J connectivity index is 1.82. The largest absolute Gasteiger partial charge is 0.483 e. The summed E-state index contributed by atoms with van der Waals surface area (Å²) in [7, 11) is -3.44. The van der Waals surface area contributed by atoms with Crippen LogP contribution in [0.1, 0.15) is 17.5 Å². The molecule has 2 aromatic carbocycles. The number of carboxylic acid groups (broad SMARTS) is 1. The van der Waals surface area contributed by atoms with Crippen LogP contribution in [0.4, 0.5) is 13.2 Å². The quantitative estimate of drug-likeness (QED) is 0.734. The zero-order valence-electron chi connectivity index (χ0n) is 15.1. The highest BCUT2D eigenvalue weighted by atomic mass is 32.2. The molecular formula is C20H17F3O5S. The molecule has 0 fully saturated rings. The maximum atomic E-state index is 14.2. The third-order valence-corrected chi connectivity index (χ3v) is 5.97. The van der Waals surface area contributed by atoms with Crippen LogP contribution >= 0.6 is 0 Å². The van der Waals surface area contributed by atoms with Gasteiger partial charge in [0, 0.05) is 6.42 Å². The van der Waals surface area contributed by atoms with Crippen molar-refractivity contribution in [3.63, 3.8) is 0 Å². The van der Waals surface area contributed by atoms with E-state index >= 15 is 0 Å². The number of carbonyl (C=O) groups is 1. The summed E-state index contributed by atoms with van der Waals surface area (Å²) in [5.74, 6) is -4.82. The number of benzene rings is 2. The first-order valence-corrected chi connectivity index (χ1v) is 10.5. The highest BCUT2D eigenvalue weighted by Gasteiger charge is 2.29. The summed E-state index contributed by atoms with van der Waals surface area (Å²) in [5, 5.41) is 8.66. The van der Waals surface area contributed by atoms with Gasteiger partial charge in [0.1, 0.15) is 12.4 Å². The van der Waals surface area contributed by atoms with E-state index < -0.39 is 39.0 Å². The van der Waals surface area contributed by atoms with Crippen LogP contribution in [0.3, 0.4) is 0 Å². The molecule has 0 saturated heterocycles. The van der Waals surface area contributed by atoms with Gasteiger partial charge in [0.25, 0.3) is 0 Å². The maximum Gasteiger partial charge on any atom is 0.303 e. The van der Waals surface area contributed by atoms with Crippen LogP contribution in [0.15, 0.2) is 42.0 Å². The first-order valence-electron chi connectivity index (χ1n) is 8.64. The van der Waals surface area contributed by atoms with Crippen molar-refractivity contribution in [2.24, 2.45) is 0 Å². The average Bonchev–Trinajstić information content (AvgIpc) is 2.94. The third-order valence-electron chi connectivity index (χ3n) is 4.45. The van der Waals surface area contributed by atoms with Crippen LogP contribution in [0.2, 0.25) is 0 Å². The molecule has 0 aromatic heterocycles. The third kappa shape index (κ3) is 5.17. The SMILES string of the molecule is O=C(O)CCc1cc(F)c(OCC2=C(c3ccc(F)cc3)CS(=O)(=O)C2)c(F)c1. The second kappa shape index (κ2) is 8.28. The van der Waals surface area contributed by atoms with Crippen molar-refractivity contribution in [1.82, 2.24) is 0 Å². The second-order valence-corrected chi connectivity index (χ2v) is 8.76. The van der Waals surface area contributed by atoms with E-state index in [4.69, 9.17) is 9.84 Å². The van der Waals surface area contributed by atoms with Gasteiger partial charge in [0.2, 0.25) is 0 Å². The minimum Gasteiger partial charge on any atom is -0.483 e. The van der Waals surface area contributed by atoms with Crippen LogP contribution in [0, 0.1) is 17.5 Å². The Labute approximate surface area is 165 Å². The Morgan fingerprint density at radius 1 is 1.03 bits per heavy atom. The molecule has 0 aliphatic carbocycles. The van der Waals surface area contributed by atoms with Gasteiger partial charge in [-0.15, -0.1) is 0 Å². The summed E-state index contributed by atoms with van der Waals surface area (Å²) in [5.41, 5.74) is 1.43. The predicted octanol–water partition coefficient (Wildman–Crippen LogP) is 3.38. The van der Waals surface area contributed by atoms with Crippen molar-refractivity contribution < 1.29 is 36.2 Å². The van der Waals surface area contributed by atoms with Crippen LogP contribution < -0.4 is 4.74 Å². The van der Waals surface area contributed by atoms with Crippen molar-refractivity contribution in [3.05, 3.63) is 70.5 Å². The smallest absolute Gasteiger partial charge is 0.303 e. The van der Waals surface area contributed by atoms with Crippen LogP contribution in [-0.4, -0.2) is 37.6 Å². The minimum absolute atomic E-state index is 0.0401. The van der Waals surface area contributed by atoms with E-state index in [1.807, 2.05) is 0 Å². The molecule has 5 nitrogen and oxygen atoms in total. The summed E-state index contributed by atoms with van der Waals surface area (Å²) in [6, 6.07) is 7.24. The molecule has 3 rings (SSSR count). The summed E-state index contributed by atoms with van der Waals surface area (Å²) < 4.78 is 70.9. The number of halogens is 3. The van der Waals surface area contributed by atoms with Crippen LogP contribution in [0.25, 0.3) is 5.57 Å². The zero-order chi connectivity index (χ0) is 21.2. The maximum absolute atomic E-state index is 14.2. The number of hydrogen-bond donors (Lipinski definition) is 1. The number of sulfone groups is 1. The Morgan fingerprint density at radius 3 is 2.24 bits per heavy atom. The molecule has 0 spiro atoms. The van der Waals surface area contributed by atoms with E-state index in [0.717, 1.165) is 12.1 Å². The van der Waals surface area contributed by atoms with Crippen molar-refractivity contribution in [2.75, 3.05) is 18.1 Å². The van der Waals surface area contributed by atoms with Gasteiger partial charge in [-0.25, -0.2) is 21.6 Å². The predicted molar refractivity (Wildman–Crippen MR) is 99.8 cm³/mol. The number of rotatable bonds is 7. The monoisotopic (exact) mass is 426 g/mol. The standard InChI is InChI=1S/C20H17F3O5S/c21-15-4-2-13(3-5-15)16-11-29(26,27)10-14(16)9-28-20-17(22)7-12(8-18(20)23)1-6-19(24)25/h2-5,7-8H,1,6,9-11H2,(H,24,25). The van der Waals surface area contributed by atoms with E-state index in [1.165, 1.54) is 24.3 Å². The molecule has 0 atom stereocenters. The highest BCUT2D eigenvalue weighted by molar-refractivity contribution is 7.92. The molecule has 0 radical (unpaired) electrons. The summed E-state index contributed by atoms with van der Waals surface area (Å²) in [6.07, 6.45) is -0.313. The fourth-order valence-corrected chi connectivity index (χ4v) is 4.80. The number of carboxylic acids is 1. The number of aryl methyl sites for hydroxylation is 1. The minimum atomic E-state index is -3.44. The molecule has 2 aromatic rings. The first-order chi connectivity index (χ1) is 13.6. The summed E-state index contributed by atoms with van der Waals surface area (Å²) >= 11 is 0. The zero-order valence-corrected chi connectivity index (χ0v) is 15.9. The molecule has 154 valence electrons. The van der Waals surface area contributed by atoms with Crippen molar-refractivity contribution in [2.45, 2.75) is 12.8 Å². The van der Waals surface area contributed by atoms with Gasteiger partial charge in [-0.05, 0) is 53.0 Å². The number of hydrogen-bond acceptors (Lipinski definition) is 4. The molecule has 0 unspecified atom stereocenters. The van der Waals surface area contributed by atoms with Crippen molar-refractivity contribution >= 4 is 21.4 Å². The lowest BCUT2D eigenvalue weighted by Crippen LogP contribution is -2.09. The fourth-order valence-electron chi connectivity index (χ4n) is 3.10. The van der Waals surface area contributed by atoms with Gasteiger partial charge in [0.05, 0.1) is 11.5 Å². The molecule has 29 heavy (non-hydrogen) atoms. The van der Waals surface area contributed by atoms with E-state index in [1.54, 1.807) is 0 Å². The van der Waals surface area contributed by atoms with Gasteiger partial charge in [0.15, 0.2) is 27.2 Å². The lowest BCUT2D eigenvalue weighted by atomic mass is 10.0. The Hall–Kier alpha value is -2.81. The summed E-state index contributed by atoms with van der Waals surface area (Å²) in [6.45, 7) is -0.353. The van der Waals surface area contributed by atoms with E-state index in [2.05, 4.69) is 0 Å². The van der Waals surface area contributed by atoms with Crippen molar-refractivity contribution in [3.8, 4) is 5.75 Å². The second-order valence-electron chi connectivity index (χ2n) is 6.69. The highest BCUT2D eigenvalue weighted by Crippen LogP contribution is 2.31. The van der Waals surface area contributed by atoms with Gasteiger partial charge < -0.3 is 9.84 Å². The molecule has 9 heteroatoms. The molecule has 0 amide bonds. The van der Waals surface area contributed by atoms with Gasteiger partial charge >= 0.3 is 5.97 Å². The van der Waals surface area contributed by atoms with E-state index in [-0.39, 0.29) is 36.5 Å². The molecule has 1 heterocycles. The molecular weight excluding hydrogens is 409 g/mol. The Bertz CT molecular complexity index is 1050. The lowest BCUT2D eigenvalue weighted by Gasteiger charge is -2.12. The fraction of sp³-hybridized carbons (Fsp3) is 0.250. The first kappa shape index (κ1) is 20.9. The molecule has 0 bridgehead atoms. The number of ether oxygens (including phenoxy) is 1. The Morgan fingerprint density at radius 2 is 1.66 bits per heavy atom.